The Kier molecular flexibility index (Phi) is 3.62. The number of benzene rings is 3. The minimum atomic E-state index is -1.03. The van der Waals surface area contributed by atoms with Gasteiger partial charge in [-0.05, 0) is 35.9 Å². The van der Waals surface area contributed by atoms with E-state index < -0.39 is 5.97 Å². The van der Waals surface area contributed by atoms with E-state index in [2.05, 4.69) is 5.32 Å². The van der Waals surface area contributed by atoms with Gasteiger partial charge in [0.2, 0.25) is 0 Å². The van der Waals surface area contributed by atoms with Crippen molar-refractivity contribution in [1.29, 1.82) is 0 Å². The Hall–Kier alpha value is -3.73. The van der Waals surface area contributed by atoms with Crippen LogP contribution in [0.5, 0.6) is 0 Å². The molecule has 0 spiro atoms. The molecule has 26 heavy (non-hydrogen) atoms. The number of carbonyl (C=O) groups excluding carboxylic acids is 2. The fraction of sp³-hybridized carbons (Fsp3) is 0. The summed E-state index contributed by atoms with van der Waals surface area (Å²) in [5.74, 6) is -1.47. The maximum absolute atomic E-state index is 12.8. The minimum absolute atomic E-state index is 0.0870. The van der Waals surface area contributed by atoms with Crippen LogP contribution in [-0.2, 0) is 0 Å². The molecule has 5 nitrogen and oxygen atoms in total. The zero-order chi connectivity index (χ0) is 18.3. The molecule has 1 aliphatic carbocycles. The van der Waals surface area contributed by atoms with E-state index >= 15 is 0 Å². The van der Waals surface area contributed by atoms with Gasteiger partial charge in [-0.15, -0.1) is 0 Å². The third-order valence-corrected chi connectivity index (χ3v) is 4.38. The zero-order valence-electron chi connectivity index (χ0n) is 13.5. The number of fused-ring (bicyclic) bond motifs is 3. The second-order valence-corrected chi connectivity index (χ2v) is 5.94. The maximum Gasteiger partial charge on any atom is 0.335 e. The summed E-state index contributed by atoms with van der Waals surface area (Å²) >= 11 is 0. The average molecular weight is 343 g/mol. The number of hydrogen-bond donors (Lipinski definition) is 2. The fourth-order valence-corrected chi connectivity index (χ4v) is 3.16. The third kappa shape index (κ3) is 2.46. The molecule has 0 saturated carbocycles. The van der Waals surface area contributed by atoms with Crippen molar-refractivity contribution < 1.29 is 19.5 Å². The molecule has 0 bridgehead atoms. The second-order valence-electron chi connectivity index (χ2n) is 5.94. The topological polar surface area (TPSA) is 83.5 Å². The van der Waals surface area contributed by atoms with E-state index in [1.54, 1.807) is 30.3 Å². The molecule has 2 N–H and O–H groups in total. The van der Waals surface area contributed by atoms with Gasteiger partial charge in [0.25, 0.3) is 5.91 Å². The van der Waals surface area contributed by atoms with E-state index in [4.69, 9.17) is 5.11 Å². The molecule has 3 aromatic rings. The highest BCUT2D eigenvalue weighted by Crippen LogP contribution is 2.38. The minimum Gasteiger partial charge on any atom is -0.478 e. The van der Waals surface area contributed by atoms with Gasteiger partial charge in [-0.1, -0.05) is 36.4 Å². The second kappa shape index (κ2) is 5.97. The Balaban J connectivity index is 1.71. The molecular formula is C21H13NO4. The summed E-state index contributed by atoms with van der Waals surface area (Å²) in [5.41, 5.74) is 3.52. The van der Waals surface area contributed by atoms with Crippen molar-refractivity contribution >= 4 is 23.3 Å². The van der Waals surface area contributed by atoms with E-state index in [-0.39, 0.29) is 17.3 Å². The lowest BCUT2D eigenvalue weighted by Crippen LogP contribution is -2.13. The first-order valence-corrected chi connectivity index (χ1v) is 7.98. The average Bonchev–Trinajstić information content (AvgIpc) is 2.95. The first-order valence-electron chi connectivity index (χ1n) is 7.98. The van der Waals surface area contributed by atoms with Crippen molar-refractivity contribution in [2.24, 2.45) is 0 Å². The SMILES string of the molecule is O=C(O)c1ccc(NC(=O)c2cccc3c2-c2ccccc2C3=O)cc1. The van der Waals surface area contributed by atoms with E-state index in [0.29, 0.717) is 27.9 Å². The number of amides is 1. The van der Waals surface area contributed by atoms with Crippen LogP contribution in [0.4, 0.5) is 5.69 Å². The van der Waals surface area contributed by atoms with Crippen LogP contribution in [0.15, 0.2) is 66.7 Å². The summed E-state index contributed by atoms with van der Waals surface area (Å²) in [6.45, 7) is 0. The fourth-order valence-electron chi connectivity index (χ4n) is 3.16. The van der Waals surface area contributed by atoms with Gasteiger partial charge in [0, 0.05) is 27.9 Å². The Labute approximate surface area is 148 Å². The summed E-state index contributed by atoms with van der Waals surface area (Å²) in [7, 11) is 0. The molecule has 1 aliphatic rings. The molecule has 4 rings (SSSR count). The van der Waals surface area contributed by atoms with Crippen LogP contribution >= 0.6 is 0 Å². The van der Waals surface area contributed by atoms with Crippen molar-refractivity contribution in [2.45, 2.75) is 0 Å². The summed E-state index contributed by atoms with van der Waals surface area (Å²) < 4.78 is 0. The number of nitrogens with one attached hydrogen (secondary N) is 1. The number of carbonyl (C=O) groups is 3. The molecule has 0 radical (unpaired) electrons. The first-order chi connectivity index (χ1) is 12.6. The molecule has 0 fully saturated rings. The number of ketones is 1. The molecule has 0 atom stereocenters. The summed E-state index contributed by atoms with van der Waals surface area (Å²) in [6, 6.07) is 18.2. The Morgan fingerprint density at radius 3 is 2.12 bits per heavy atom. The van der Waals surface area contributed by atoms with Crippen LogP contribution in [0.2, 0.25) is 0 Å². The number of anilines is 1. The standard InChI is InChI=1S/C21H13NO4/c23-19-15-5-2-1-4-14(15)18-16(19)6-3-7-17(18)20(24)22-13-10-8-12(9-11-13)21(25)26/h1-11H,(H,22,24)(H,25,26). The van der Waals surface area contributed by atoms with Crippen LogP contribution in [0, 0.1) is 0 Å². The van der Waals surface area contributed by atoms with Gasteiger partial charge in [0.05, 0.1) is 5.56 Å². The van der Waals surface area contributed by atoms with Crippen LogP contribution in [0.3, 0.4) is 0 Å². The van der Waals surface area contributed by atoms with Crippen LogP contribution in [0.25, 0.3) is 11.1 Å². The van der Waals surface area contributed by atoms with Crippen molar-refractivity contribution in [3.8, 4) is 11.1 Å². The predicted octanol–water partition coefficient (Wildman–Crippen LogP) is 3.85. The van der Waals surface area contributed by atoms with E-state index in [1.165, 1.54) is 24.3 Å². The highest BCUT2D eigenvalue weighted by molar-refractivity contribution is 6.25. The van der Waals surface area contributed by atoms with Crippen molar-refractivity contribution in [2.75, 3.05) is 5.32 Å². The van der Waals surface area contributed by atoms with Crippen LogP contribution < -0.4 is 5.32 Å². The number of aromatic carboxylic acids is 1. The van der Waals surface area contributed by atoms with Crippen molar-refractivity contribution in [1.82, 2.24) is 0 Å². The Morgan fingerprint density at radius 1 is 0.769 bits per heavy atom. The number of carboxylic acids is 1. The molecular weight excluding hydrogens is 330 g/mol. The molecule has 0 aromatic heterocycles. The number of hydrogen-bond acceptors (Lipinski definition) is 3. The van der Waals surface area contributed by atoms with E-state index in [0.717, 1.165) is 5.56 Å². The first kappa shape index (κ1) is 15.8. The van der Waals surface area contributed by atoms with Crippen molar-refractivity contribution in [3.05, 3.63) is 89.0 Å². The van der Waals surface area contributed by atoms with Crippen LogP contribution in [0.1, 0.15) is 36.6 Å². The lowest BCUT2D eigenvalue weighted by molar-refractivity contribution is 0.0696. The molecule has 1 amide bonds. The zero-order valence-corrected chi connectivity index (χ0v) is 13.5. The maximum atomic E-state index is 12.8. The molecule has 126 valence electrons. The lowest BCUT2D eigenvalue weighted by Gasteiger charge is -2.10. The number of rotatable bonds is 3. The summed E-state index contributed by atoms with van der Waals surface area (Å²) in [6.07, 6.45) is 0. The quantitative estimate of drug-likeness (QED) is 0.592. The van der Waals surface area contributed by atoms with Gasteiger partial charge in [0.1, 0.15) is 0 Å². The predicted molar refractivity (Wildman–Crippen MR) is 96.7 cm³/mol. The largest absolute Gasteiger partial charge is 0.478 e. The molecule has 0 aliphatic heterocycles. The van der Waals surface area contributed by atoms with Gasteiger partial charge in [0.15, 0.2) is 5.78 Å². The lowest BCUT2D eigenvalue weighted by atomic mass is 9.99. The smallest absolute Gasteiger partial charge is 0.335 e. The monoisotopic (exact) mass is 343 g/mol. The molecule has 0 unspecified atom stereocenters. The summed E-state index contributed by atoms with van der Waals surface area (Å²) in [4.78, 5) is 36.2. The van der Waals surface area contributed by atoms with Gasteiger partial charge < -0.3 is 10.4 Å². The number of carboxylic acid groups (broad SMARTS) is 1. The summed E-state index contributed by atoms with van der Waals surface area (Å²) in [5, 5.41) is 11.7. The van der Waals surface area contributed by atoms with Crippen molar-refractivity contribution in [3.63, 3.8) is 0 Å². The molecule has 0 heterocycles. The Bertz CT molecular complexity index is 1070. The highest BCUT2D eigenvalue weighted by Gasteiger charge is 2.30. The Morgan fingerprint density at radius 2 is 1.42 bits per heavy atom. The highest BCUT2D eigenvalue weighted by atomic mass is 16.4. The van der Waals surface area contributed by atoms with Gasteiger partial charge in [-0.25, -0.2) is 4.79 Å². The van der Waals surface area contributed by atoms with E-state index in [9.17, 15) is 14.4 Å². The van der Waals surface area contributed by atoms with Crippen LogP contribution in [-0.4, -0.2) is 22.8 Å². The van der Waals surface area contributed by atoms with Gasteiger partial charge in [-0.2, -0.15) is 0 Å². The van der Waals surface area contributed by atoms with Gasteiger partial charge in [-0.3, -0.25) is 9.59 Å². The molecule has 5 heteroatoms. The normalized spacial score (nSPS) is 11.6. The third-order valence-electron chi connectivity index (χ3n) is 4.38. The van der Waals surface area contributed by atoms with E-state index in [1.807, 2.05) is 12.1 Å². The molecule has 0 saturated heterocycles. The molecule has 3 aromatic carbocycles. The van der Waals surface area contributed by atoms with Gasteiger partial charge >= 0.3 is 5.97 Å².